The number of likely N-dealkylation sites (N-methyl/N-ethyl adjacent to an activating group) is 1. The second kappa shape index (κ2) is 5.87. The van der Waals surface area contributed by atoms with Crippen LogP contribution in [0.3, 0.4) is 0 Å². The first-order chi connectivity index (χ1) is 7.83. The van der Waals surface area contributed by atoms with Gasteiger partial charge in [-0.05, 0) is 14.0 Å². The Morgan fingerprint density at radius 2 is 2.00 bits per heavy atom. The van der Waals surface area contributed by atoms with Crippen LogP contribution in [0.4, 0.5) is 0 Å². The third-order valence-electron chi connectivity index (χ3n) is 2.71. The largest absolute Gasteiger partial charge is 0.339 e. The molecule has 0 aliphatic heterocycles. The summed E-state index contributed by atoms with van der Waals surface area (Å²) in [6.45, 7) is 10.8. The lowest BCUT2D eigenvalue weighted by Gasteiger charge is -2.16. The third-order valence-corrected chi connectivity index (χ3v) is 3.98. The highest BCUT2D eigenvalue weighted by Gasteiger charge is 2.20. The lowest BCUT2D eigenvalue weighted by molar-refractivity contribution is 0.334. The van der Waals surface area contributed by atoms with Gasteiger partial charge in [0.15, 0.2) is 5.82 Å². The van der Waals surface area contributed by atoms with Gasteiger partial charge in [0, 0.05) is 10.8 Å². The van der Waals surface area contributed by atoms with E-state index < -0.39 is 0 Å². The minimum atomic E-state index is 0.227. The maximum Gasteiger partial charge on any atom is 0.231 e. The first-order valence-corrected chi connectivity index (χ1v) is 6.95. The van der Waals surface area contributed by atoms with Crippen molar-refractivity contribution in [2.24, 2.45) is 0 Å². The number of aromatic nitrogens is 2. The first kappa shape index (κ1) is 14.5. The second-order valence-corrected chi connectivity index (χ2v) is 7.12. The predicted octanol–water partition coefficient (Wildman–Crippen LogP) is 2.81. The average molecular weight is 257 g/mol. The SMILES string of the molecule is CNC(C)C(C)c1nc(CSC(C)(C)C)no1. The molecule has 1 aromatic rings. The molecule has 0 spiro atoms. The van der Waals surface area contributed by atoms with Gasteiger partial charge >= 0.3 is 0 Å². The topological polar surface area (TPSA) is 51.0 Å². The van der Waals surface area contributed by atoms with E-state index in [1.165, 1.54) is 0 Å². The Morgan fingerprint density at radius 1 is 1.35 bits per heavy atom. The molecule has 0 saturated carbocycles. The van der Waals surface area contributed by atoms with Crippen LogP contribution in [-0.4, -0.2) is 28.0 Å². The molecule has 0 amide bonds. The van der Waals surface area contributed by atoms with E-state index in [1.807, 2.05) is 18.8 Å². The van der Waals surface area contributed by atoms with Crippen LogP contribution < -0.4 is 5.32 Å². The van der Waals surface area contributed by atoms with Gasteiger partial charge in [-0.15, -0.1) is 11.8 Å². The monoisotopic (exact) mass is 257 g/mol. The number of hydrogen-bond acceptors (Lipinski definition) is 5. The standard InChI is InChI=1S/C12H23N3OS/c1-8(9(2)13-6)11-14-10(15-16-11)7-17-12(3,4)5/h8-9,13H,7H2,1-6H3. The van der Waals surface area contributed by atoms with Crippen LogP contribution in [-0.2, 0) is 5.75 Å². The lowest BCUT2D eigenvalue weighted by atomic mass is 10.0. The molecule has 4 nitrogen and oxygen atoms in total. The Labute approximate surface area is 108 Å². The van der Waals surface area contributed by atoms with E-state index in [0.717, 1.165) is 17.5 Å². The minimum absolute atomic E-state index is 0.227. The molecule has 0 aromatic carbocycles. The van der Waals surface area contributed by atoms with Crippen LogP contribution in [0, 0.1) is 0 Å². The number of rotatable bonds is 5. The molecular formula is C12H23N3OS. The minimum Gasteiger partial charge on any atom is -0.339 e. The van der Waals surface area contributed by atoms with E-state index in [4.69, 9.17) is 4.52 Å². The van der Waals surface area contributed by atoms with Crippen molar-refractivity contribution < 1.29 is 4.52 Å². The Hall–Kier alpha value is -0.550. The predicted molar refractivity (Wildman–Crippen MR) is 72.3 cm³/mol. The third kappa shape index (κ3) is 4.68. The molecule has 5 heteroatoms. The molecular weight excluding hydrogens is 234 g/mol. The summed E-state index contributed by atoms with van der Waals surface area (Å²) in [6.07, 6.45) is 0. The van der Waals surface area contributed by atoms with Crippen LogP contribution in [0.15, 0.2) is 4.52 Å². The summed E-state index contributed by atoms with van der Waals surface area (Å²) in [5.41, 5.74) is 0. The summed E-state index contributed by atoms with van der Waals surface area (Å²) in [7, 11) is 1.94. The molecule has 2 unspecified atom stereocenters. The fourth-order valence-corrected chi connectivity index (χ4v) is 1.94. The molecule has 17 heavy (non-hydrogen) atoms. The van der Waals surface area contributed by atoms with Crippen molar-refractivity contribution in [3.8, 4) is 0 Å². The summed E-state index contributed by atoms with van der Waals surface area (Å²) in [6, 6.07) is 0.332. The second-order valence-electron chi connectivity index (χ2n) is 5.32. The highest BCUT2D eigenvalue weighted by molar-refractivity contribution is 7.99. The summed E-state index contributed by atoms with van der Waals surface area (Å²) in [5, 5.41) is 7.22. The van der Waals surface area contributed by atoms with Gasteiger partial charge in [0.1, 0.15) is 0 Å². The van der Waals surface area contributed by atoms with Gasteiger partial charge in [0.05, 0.1) is 11.7 Å². The number of thioether (sulfide) groups is 1. The molecule has 0 radical (unpaired) electrons. The van der Waals surface area contributed by atoms with Crippen LogP contribution in [0.1, 0.15) is 52.3 Å². The normalized spacial score (nSPS) is 15.9. The van der Waals surface area contributed by atoms with E-state index >= 15 is 0 Å². The zero-order valence-electron chi connectivity index (χ0n) is 11.6. The zero-order chi connectivity index (χ0) is 13.1. The number of nitrogens with one attached hydrogen (secondary N) is 1. The Bertz CT molecular complexity index is 346. The quantitative estimate of drug-likeness (QED) is 0.879. The van der Waals surface area contributed by atoms with Crippen LogP contribution in [0.5, 0.6) is 0 Å². The van der Waals surface area contributed by atoms with Crippen molar-refractivity contribution in [1.29, 1.82) is 0 Å². The highest BCUT2D eigenvalue weighted by atomic mass is 32.2. The van der Waals surface area contributed by atoms with E-state index in [1.54, 1.807) is 0 Å². The van der Waals surface area contributed by atoms with Crippen LogP contribution in [0.25, 0.3) is 0 Å². The van der Waals surface area contributed by atoms with Crippen LogP contribution in [0.2, 0.25) is 0 Å². The lowest BCUT2D eigenvalue weighted by Crippen LogP contribution is -2.27. The highest BCUT2D eigenvalue weighted by Crippen LogP contribution is 2.26. The van der Waals surface area contributed by atoms with Crippen LogP contribution >= 0.6 is 11.8 Å². The van der Waals surface area contributed by atoms with Gasteiger partial charge in [-0.3, -0.25) is 0 Å². The fourth-order valence-electron chi connectivity index (χ4n) is 1.26. The van der Waals surface area contributed by atoms with Crippen molar-refractivity contribution in [3.05, 3.63) is 11.7 Å². The zero-order valence-corrected chi connectivity index (χ0v) is 12.4. The molecule has 1 aromatic heterocycles. The maximum atomic E-state index is 5.30. The molecule has 1 heterocycles. The van der Waals surface area contributed by atoms with Crippen molar-refractivity contribution in [2.75, 3.05) is 7.05 Å². The Balaban J connectivity index is 2.59. The Kier molecular flexibility index (Phi) is 5.01. The van der Waals surface area contributed by atoms with Crippen molar-refractivity contribution >= 4 is 11.8 Å². The number of nitrogens with zero attached hydrogens (tertiary/aromatic N) is 2. The van der Waals surface area contributed by atoms with Gasteiger partial charge in [-0.25, -0.2) is 0 Å². The first-order valence-electron chi connectivity index (χ1n) is 5.97. The molecule has 0 saturated heterocycles. The molecule has 1 N–H and O–H groups in total. The average Bonchev–Trinajstić information content (AvgIpc) is 2.72. The Morgan fingerprint density at radius 3 is 2.53 bits per heavy atom. The summed E-state index contributed by atoms with van der Waals surface area (Å²) >= 11 is 1.83. The molecule has 98 valence electrons. The summed E-state index contributed by atoms with van der Waals surface area (Å²) < 4.78 is 5.53. The number of hydrogen-bond donors (Lipinski definition) is 1. The van der Waals surface area contributed by atoms with Crippen molar-refractivity contribution in [1.82, 2.24) is 15.5 Å². The van der Waals surface area contributed by atoms with Gasteiger partial charge in [-0.1, -0.05) is 32.9 Å². The van der Waals surface area contributed by atoms with Crippen molar-refractivity contribution in [3.63, 3.8) is 0 Å². The van der Waals surface area contributed by atoms with E-state index in [-0.39, 0.29) is 10.7 Å². The van der Waals surface area contributed by atoms with E-state index in [9.17, 15) is 0 Å². The van der Waals surface area contributed by atoms with Gasteiger partial charge < -0.3 is 9.84 Å². The molecule has 0 aliphatic carbocycles. The maximum absolute atomic E-state index is 5.30. The smallest absolute Gasteiger partial charge is 0.231 e. The molecule has 0 bridgehead atoms. The van der Waals surface area contributed by atoms with Gasteiger partial charge in [0.2, 0.25) is 5.89 Å². The molecule has 0 fully saturated rings. The fraction of sp³-hybridized carbons (Fsp3) is 0.833. The van der Waals surface area contributed by atoms with Gasteiger partial charge in [0.25, 0.3) is 0 Å². The summed E-state index contributed by atoms with van der Waals surface area (Å²) in [4.78, 5) is 4.44. The van der Waals surface area contributed by atoms with Crippen molar-refractivity contribution in [2.45, 2.75) is 57.1 Å². The summed E-state index contributed by atoms with van der Waals surface area (Å²) in [5.74, 6) is 2.54. The molecule has 0 aliphatic rings. The van der Waals surface area contributed by atoms with Gasteiger partial charge in [-0.2, -0.15) is 4.98 Å². The molecule has 2 atom stereocenters. The van der Waals surface area contributed by atoms with E-state index in [2.05, 4.69) is 50.1 Å². The molecule has 1 rings (SSSR count). The van der Waals surface area contributed by atoms with E-state index in [0.29, 0.717) is 6.04 Å².